The molecule has 0 atom stereocenters. The highest BCUT2D eigenvalue weighted by Gasteiger charge is 2.15. The Bertz CT molecular complexity index is 803. The van der Waals surface area contributed by atoms with Crippen molar-refractivity contribution >= 4 is 40.6 Å². The lowest BCUT2D eigenvalue weighted by molar-refractivity contribution is 0.442. The van der Waals surface area contributed by atoms with Crippen LogP contribution in [-0.4, -0.2) is 19.6 Å². The molecular weight excluding hydrogens is 323 g/mol. The van der Waals surface area contributed by atoms with Crippen LogP contribution >= 0.6 is 34.8 Å². The molecule has 20 heavy (non-hydrogen) atoms. The van der Waals surface area contributed by atoms with Crippen molar-refractivity contribution in [2.45, 2.75) is 6.92 Å². The van der Waals surface area contributed by atoms with Crippen LogP contribution in [0.3, 0.4) is 0 Å². The number of aromatic nitrogens is 4. The molecule has 0 bridgehead atoms. The van der Waals surface area contributed by atoms with E-state index in [0.29, 0.717) is 38.2 Å². The molecule has 2 heterocycles. The molecule has 1 aromatic carbocycles. The molecule has 0 unspecified atom stereocenters. The van der Waals surface area contributed by atoms with Crippen molar-refractivity contribution in [2.75, 3.05) is 0 Å². The molecule has 102 valence electrons. The van der Waals surface area contributed by atoms with Gasteiger partial charge in [0, 0.05) is 10.6 Å². The van der Waals surface area contributed by atoms with Gasteiger partial charge in [-0.3, -0.25) is 0 Å². The lowest BCUT2D eigenvalue weighted by Gasteiger charge is -2.11. The smallest absolute Gasteiger partial charge is 0.256 e. The van der Waals surface area contributed by atoms with Crippen LogP contribution in [0.5, 0.6) is 11.6 Å². The van der Waals surface area contributed by atoms with E-state index in [4.69, 9.17) is 39.5 Å². The molecule has 0 saturated carbocycles. The van der Waals surface area contributed by atoms with Gasteiger partial charge in [-0.2, -0.15) is 19.6 Å². The van der Waals surface area contributed by atoms with E-state index in [9.17, 15) is 0 Å². The number of halogens is 3. The summed E-state index contributed by atoms with van der Waals surface area (Å²) in [4.78, 5) is 8.08. The molecule has 0 fully saturated rings. The van der Waals surface area contributed by atoms with Crippen LogP contribution in [0.2, 0.25) is 15.2 Å². The molecule has 0 saturated heterocycles. The number of rotatable bonds is 2. The number of hydrogen-bond donors (Lipinski definition) is 0. The molecule has 0 radical (unpaired) electrons. The first-order valence-electron chi connectivity index (χ1n) is 5.55. The Morgan fingerprint density at radius 1 is 1.20 bits per heavy atom. The van der Waals surface area contributed by atoms with Gasteiger partial charge in [0.2, 0.25) is 5.88 Å². The number of fused-ring (bicyclic) bond motifs is 1. The van der Waals surface area contributed by atoms with Gasteiger partial charge in [0.05, 0.1) is 5.02 Å². The molecule has 8 heteroatoms. The summed E-state index contributed by atoms with van der Waals surface area (Å²) in [6, 6.07) is 4.94. The zero-order valence-electron chi connectivity index (χ0n) is 10.1. The van der Waals surface area contributed by atoms with Gasteiger partial charge >= 0.3 is 0 Å². The van der Waals surface area contributed by atoms with Gasteiger partial charge in [-0.25, -0.2) is 0 Å². The quantitative estimate of drug-likeness (QED) is 0.662. The van der Waals surface area contributed by atoms with Crippen molar-refractivity contribution in [3.05, 3.63) is 45.3 Å². The third-order valence-corrected chi connectivity index (χ3v) is 3.55. The highest BCUT2D eigenvalue weighted by atomic mass is 35.5. The normalized spacial score (nSPS) is 11.0. The van der Waals surface area contributed by atoms with Gasteiger partial charge in [0.15, 0.2) is 0 Å². The minimum absolute atomic E-state index is 0.297. The molecule has 5 nitrogen and oxygen atoms in total. The lowest BCUT2D eigenvalue weighted by atomic mass is 10.3. The topological polar surface area (TPSA) is 52.3 Å². The summed E-state index contributed by atoms with van der Waals surface area (Å²) in [5, 5.41) is 5.26. The maximum Gasteiger partial charge on any atom is 0.256 e. The minimum atomic E-state index is 0.297. The predicted molar refractivity (Wildman–Crippen MR) is 77.1 cm³/mol. The predicted octanol–water partition coefficient (Wildman–Crippen LogP) is 4.19. The van der Waals surface area contributed by atoms with Gasteiger partial charge in [0.25, 0.3) is 5.78 Å². The molecule has 3 rings (SSSR count). The first kappa shape index (κ1) is 13.4. The van der Waals surface area contributed by atoms with Gasteiger partial charge in [0.1, 0.15) is 17.2 Å². The maximum absolute atomic E-state index is 6.09. The first-order chi connectivity index (χ1) is 9.56. The summed E-state index contributed by atoms with van der Waals surface area (Å²) in [6.07, 6.45) is 1.37. The van der Waals surface area contributed by atoms with Gasteiger partial charge < -0.3 is 4.74 Å². The summed E-state index contributed by atoms with van der Waals surface area (Å²) < 4.78 is 7.24. The fourth-order valence-corrected chi connectivity index (χ4v) is 2.26. The van der Waals surface area contributed by atoms with E-state index in [1.54, 1.807) is 25.1 Å². The summed E-state index contributed by atoms with van der Waals surface area (Å²) in [7, 11) is 0. The van der Waals surface area contributed by atoms with Crippen LogP contribution in [0.4, 0.5) is 0 Å². The molecule has 3 aromatic rings. The second-order valence-corrected chi connectivity index (χ2v) is 5.18. The van der Waals surface area contributed by atoms with Gasteiger partial charge in [-0.05, 0) is 25.1 Å². The fourth-order valence-electron chi connectivity index (χ4n) is 1.66. The third-order valence-electron chi connectivity index (χ3n) is 2.65. The summed E-state index contributed by atoms with van der Waals surface area (Å²) in [5.41, 5.74) is 0.635. The van der Waals surface area contributed by atoms with E-state index in [0.717, 1.165) is 0 Å². The first-order valence-corrected chi connectivity index (χ1v) is 6.68. The SMILES string of the molecule is Cc1c(Cl)nc2ncnn2c1Oc1ccc(Cl)cc1Cl. The Kier molecular flexibility index (Phi) is 3.41. The van der Waals surface area contributed by atoms with E-state index in [-0.39, 0.29) is 0 Å². The summed E-state index contributed by atoms with van der Waals surface area (Å²) in [6.45, 7) is 1.77. The van der Waals surface area contributed by atoms with Crippen LogP contribution in [-0.2, 0) is 0 Å². The molecule has 0 aliphatic heterocycles. The Labute approximate surface area is 129 Å². The fraction of sp³-hybridized carbons (Fsp3) is 0.0833. The number of hydrogen-bond acceptors (Lipinski definition) is 4. The van der Waals surface area contributed by atoms with Crippen LogP contribution < -0.4 is 4.74 Å². The van der Waals surface area contributed by atoms with Crippen molar-refractivity contribution in [3.8, 4) is 11.6 Å². The maximum atomic E-state index is 6.09. The average Bonchev–Trinajstić information content (AvgIpc) is 2.85. The van der Waals surface area contributed by atoms with Crippen LogP contribution in [0.15, 0.2) is 24.5 Å². The number of benzene rings is 1. The van der Waals surface area contributed by atoms with Crippen molar-refractivity contribution in [1.82, 2.24) is 19.6 Å². The molecule has 0 spiro atoms. The van der Waals surface area contributed by atoms with Gasteiger partial charge in [-0.1, -0.05) is 34.8 Å². The zero-order valence-corrected chi connectivity index (χ0v) is 12.4. The van der Waals surface area contributed by atoms with Crippen molar-refractivity contribution < 1.29 is 4.74 Å². The van der Waals surface area contributed by atoms with E-state index >= 15 is 0 Å². The molecule has 0 aliphatic rings. The minimum Gasteiger partial charge on any atom is -0.437 e. The Balaban J connectivity index is 2.14. The van der Waals surface area contributed by atoms with E-state index in [1.807, 2.05) is 0 Å². The molecule has 0 amide bonds. The van der Waals surface area contributed by atoms with Crippen molar-refractivity contribution in [1.29, 1.82) is 0 Å². The average molecular weight is 330 g/mol. The molecule has 0 N–H and O–H groups in total. The number of ether oxygens (including phenoxy) is 1. The molecule has 2 aromatic heterocycles. The standard InChI is InChI=1S/C12H7Cl3N4O/c1-6-10(15)18-12-16-5-17-19(12)11(6)20-9-3-2-7(13)4-8(9)14/h2-5H,1H3. The zero-order chi connectivity index (χ0) is 14.3. The lowest BCUT2D eigenvalue weighted by Crippen LogP contribution is -2.01. The van der Waals surface area contributed by atoms with Crippen LogP contribution in [0.25, 0.3) is 5.78 Å². The third kappa shape index (κ3) is 2.28. The van der Waals surface area contributed by atoms with Crippen molar-refractivity contribution in [2.24, 2.45) is 0 Å². The van der Waals surface area contributed by atoms with Gasteiger partial charge in [-0.15, -0.1) is 0 Å². The van der Waals surface area contributed by atoms with E-state index in [2.05, 4.69) is 15.1 Å². The summed E-state index contributed by atoms with van der Waals surface area (Å²) in [5.74, 6) is 1.20. The van der Waals surface area contributed by atoms with E-state index < -0.39 is 0 Å². The second-order valence-electron chi connectivity index (χ2n) is 3.98. The van der Waals surface area contributed by atoms with E-state index in [1.165, 1.54) is 10.8 Å². The summed E-state index contributed by atoms with van der Waals surface area (Å²) >= 11 is 18.0. The molecular formula is C12H7Cl3N4O. The second kappa shape index (κ2) is 5.09. The Hall–Kier alpha value is -1.56. The largest absolute Gasteiger partial charge is 0.437 e. The number of nitrogens with zero attached hydrogens (tertiary/aromatic N) is 4. The Morgan fingerprint density at radius 2 is 2.00 bits per heavy atom. The monoisotopic (exact) mass is 328 g/mol. The van der Waals surface area contributed by atoms with Crippen LogP contribution in [0, 0.1) is 6.92 Å². The molecule has 0 aliphatic carbocycles. The van der Waals surface area contributed by atoms with Crippen LogP contribution in [0.1, 0.15) is 5.56 Å². The highest BCUT2D eigenvalue weighted by Crippen LogP contribution is 2.34. The Morgan fingerprint density at radius 3 is 2.75 bits per heavy atom. The van der Waals surface area contributed by atoms with Crippen molar-refractivity contribution in [3.63, 3.8) is 0 Å². The highest BCUT2D eigenvalue weighted by molar-refractivity contribution is 6.35.